The highest BCUT2D eigenvalue weighted by molar-refractivity contribution is 7.99. The topological polar surface area (TPSA) is 103 Å². The van der Waals surface area contributed by atoms with Crippen LogP contribution in [-0.4, -0.2) is 69.9 Å². The fraction of sp³-hybridized carbons (Fsp3) is 0.500. The van der Waals surface area contributed by atoms with Crippen LogP contribution in [0.1, 0.15) is 44.6 Å². The largest absolute Gasteiger partial charge is 0.365 e. The van der Waals surface area contributed by atoms with Crippen molar-refractivity contribution in [2.24, 2.45) is 0 Å². The number of nitrogens with zero attached hydrogens (tertiary/aromatic N) is 3. The van der Waals surface area contributed by atoms with Crippen molar-refractivity contribution < 1.29 is 26.7 Å². The van der Waals surface area contributed by atoms with Gasteiger partial charge in [0.1, 0.15) is 23.3 Å². The molecule has 40 heavy (non-hydrogen) atoms. The summed E-state index contributed by atoms with van der Waals surface area (Å²) in [6.45, 7) is 2.33. The second-order valence-electron chi connectivity index (χ2n) is 10.6. The Kier molecular flexibility index (Phi) is 9.40. The number of thioether (sulfide) groups is 1. The Morgan fingerprint density at radius 1 is 1.25 bits per heavy atom. The zero-order valence-corrected chi connectivity index (χ0v) is 24.5. The smallest absolute Gasteiger partial charge is 0.265 e. The predicted octanol–water partition coefficient (Wildman–Crippen LogP) is 4.29. The molecule has 2 fully saturated rings. The highest BCUT2D eigenvalue weighted by atomic mass is 32.2. The third-order valence-corrected chi connectivity index (χ3v) is 10.1. The van der Waals surface area contributed by atoms with E-state index in [1.54, 1.807) is 12.1 Å². The standard InChI is InChI=1S/C28H34F2N4O4S2/c1-28(11-4-5-13-38-28)27(35)32-40(36,37)24-14-19(17-31)26(25(30)16-24)34-12-10-21(33(2)3)15-22(34)18-39-23-8-6-20(29)7-9-23/h6-9,14,16,21-22H,4-5,10-13,15,18H2,1-3H3,(H,32,35)/t21-,22+,28-/m1/s1. The molecule has 2 aliphatic heterocycles. The van der Waals surface area contributed by atoms with E-state index in [9.17, 15) is 22.9 Å². The summed E-state index contributed by atoms with van der Waals surface area (Å²) in [6.07, 6.45) is 3.29. The third kappa shape index (κ3) is 6.77. The second-order valence-corrected chi connectivity index (χ2v) is 13.4. The summed E-state index contributed by atoms with van der Waals surface area (Å²) in [6, 6.07) is 10.1. The van der Waals surface area contributed by atoms with Crippen molar-refractivity contribution in [3.8, 4) is 6.07 Å². The fourth-order valence-corrected chi connectivity index (χ4v) is 7.32. The van der Waals surface area contributed by atoms with E-state index in [1.807, 2.05) is 29.8 Å². The van der Waals surface area contributed by atoms with Gasteiger partial charge in [-0.25, -0.2) is 21.9 Å². The molecule has 8 nitrogen and oxygen atoms in total. The van der Waals surface area contributed by atoms with Gasteiger partial charge in [-0.2, -0.15) is 5.26 Å². The average molecular weight is 593 g/mol. The van der Waals surface area contributed by atoms with Gasteiger partial charge in [0, 0.05) is 35.9 Å². The summed E-state index contributed by atoms with van der Waals surface area (Å²) in [5, 5.41) is 9.96. The zero-order chi connectivity index (χ0) is 29.1. The lowest BCUT2D eigenvalue weighted by molar-refractivity contribution is -0.148. The Bertz CT molecular complexity index is 1370. The van der Waals surface area contributed by atoms with Gasteiger partial charge in [0.15, 0.2) is 0 Å². The summed E-state index contributed by atoms with van der Waals surface area (Å²) in [4.78, 5) is 17.1. The first-order valence-corrected chi connectivity index (χ1v) is 15.7. The molecule has 2 aliphatic rings. The van der Waals surface area contributed by atoms with Gasteiger partial charge in [-0.3, -0.25) is 4.79 Å². The van der Waals surface area contributed by atoms with Gasteiger partial charge in [-0.1, -0.05) is 0 Å². The molecule has 0 unspecified atom stereocenters. The molecule has 12 heteroatoms. The molecular formula is C28H34F2N4O4S2. The molecule has 0 bridgehead atoms. The SMILES string of the molecule is CN(C)[C@@H]1CCN(c2c(F)cc(S(=O)(=O)NC(=O)[C@@]3(C)CCCCO3)cc2C#N)[C@H](CSc2ccc(F)cc2)C1. The molecular weight excluding hydrogens is 558 g/mol. The molecule has 0 saturated carbocycles. The quantitative estimate of drug-likeness (QED) is 0.453. The van der Waals surface area contributed by atoms with Gasteiger partial charge in [-0.15, -0.1) is 11.8 Å². The Morgan fingerprint density at radius 3 is 2.60 bits per heavy atom. The fourth-order valence-electron chi connectivity index (χ4n) is 5.18. The van der Waals surface area contributed by atoms with Crippen molar-refractivity contribution in [1.29, 1.82) is 5.26 Å². The van der Waals surface area contributed by atoms with E-state index in [0.717, 1.165) is 36.3 Å². The zero-order valence-electron chi connectivity index (χ0n) is 22.8. The van der Waals surface area contributed by atoms with Crippen molar-refractivity contribution >= 4 is 33.4 Å². The summed E-state index contributed by atoms with van der Waals surface area (Å²) in [5.41, 5.74) is -1.39. The lowest BCUT2D eigenvalue weighted by atomic mass is 9.95. The number of halogens is 2. The van der Waals surface area contributed by atoms with E-state index in [0.29, 0.717) is 31.7 Å². The maximum absolute atomic E-state index is 15.8. The number of nitriles is 1. The lowest BCUT2D eigenvalue weighted by Gasteiger charge is -2.43. The molecule has 2 heterocycles. The van der Waals surface area contributed by atoms with E-state index in [2.05, 4.69) is 4.90 Å². The molecule has 0 aliphatic carbocycles. The van der Waals surface area contributed by atoms with Crippen LogP contribution in [0.15, 0.2) is 46.2 Å². The molecule has 4 rings (SSSR count). The molecule has 0 radical (unpaired) electrons. The predicted molar refractivity (Wildman–Crippen MR) is 150 cm³/mol. The summed E-state index contributed by atoms with van der Waals surface area (Å²) >= 11 is 1.51. The Balaban J connectivity index is 1.61. The van der Waals surface area contributed by atoms with E-state index >= 15 is 4.39 Å². The summed E-state index contributed by atoms with van der Waals surface area (Å²) in [5.74, 6) is -1.45. The normalized spacial score (nSPS) is 23.6. The molecule has 0 aromatic heterocycles. The van der Waals surface area contributed by atoms with Crippen LogP contribution in [0.25, 0.3) is 0 Å². The first-order chi connectivity index (χ1) is 18.9. The minimum Gasteiger partial charge on any atom is -0.365 e. The highest BCUT2D eigenvalue weighted by Crippen LogP contribution is 2.36. The number of benzene rings is 2. The van der Waals surface area contributed by atoms with E-state index in [4.69, 9.17) is 4.74 Å². The van der Waals surface area contributed by atoms with Crippen LogP contribution in [0.2, 0.25) is 0 Å². The van der Waals surface area contributed by atoms with Gasteiger partial charge in [0.25, 0.3) is 15.9 Å². The average Bonchev–Trinajstić information content (AvgIpc) is 2.92. The van der Waals surface area contributed by atoms with Crippen LogP contribution < -0.4 is 9.62 Å². The van der Waals surface area contributed by atoms with Crippen molar-refractivity contribution in [3.05, 3.63) is 53.6 Å². The maximum atomic E-state index is 15.8. The number of carbonyl (C=O) groups excluding carboxylic acids is 1. The first kappa shape index (κ1) is 30.2. The Labute approximate surface area is 238 Å². The van der Waals surface area contributed by atoms with Crippen molar-refractivity contribution in [2.75, 3.05) is 37.9 Å². The maximum Gasteiger partial charge on any atom is 0.265 e. The lowest BCUT2D eigenvalue weighted by Crippen LogP contribution is -2.50. The monoisotopic (exact) mass is 592 g/mol. The third-order valence-electron chi connectivity index (χ3n) is 7.61. The number of hydrogen-bond donors (Lipinski definition) is 1. The number of hydrogen-bond acceptors (Lipinski definition) is 8. The number of carbonyl (C=O) groups is 1. The van der Waals surface area contributed by atoms with Crippen molar-refractivity contribution in [3.63, 3.8) is 0 Å². The molecule has 2 saturated heterocycles. The number of nitrogens with one attached hydrogen (secondary N) is 1. The van der Waals surface area contributed by atoms with Crippen LogP contribution >= 0.6 is 11.8 Å². The van der Waals surface area contributed by atoms with Gasteiger partial charge in [0.05, 0.1) is 16.1 Å². The molecule has 2 aromatic rings. The number of rotatable bonds is 8. The van der Waals surface area contributed by atoms with Crippen LogP contribution in [0.5, 0.6) is 0 Å². The van der Waals surface area contributed by atoms with E-state index in [1.165, 1.54) is 30.8 Å². The number of amides is 1. The van der Waals surface area contributed by atoms with E-state index in [-0.39, 0.29) is 29.2 Å². The Hall–Kier alpha value is -2.72. The first-order valence-electron chi connectivity index (χ1n) is 13.2. The number of sulfonamides is 1. The Morgan fingerprint density at radius 2 is 1.98 bits per heavy atom. The van der Waals surface area contributed by atoms with Gasteiger partial charge < -0.3 is 14.5 Å². The highest BCUT2D eigenvalue weighted by Gasteiger charge is 2.39. The second kappa shape index (κ2) is 12.4. The van der Waals surface area contributed by atoms with Crippen LogP contribution in [-0.2, 0) is 19.6 Å². The molecule has 2 aromatic carbocycles. The van der Waals surface area contributed by atoms with Gasteiger partial charge in [-0.05, 0) is 89.5 Å². The van der Waals surface area contributed by atoms with Crippen LogP contribution in [0.4, 0.5) is 14.5 Å². The summed E-state index contributed by atoms with van der Waals surface area (Å²) < 4.78 is 62.9. The number of piperidine rings is 1. The number of anilines is 1. The van der Waals surface area contributed by atoms with Gasteiger partial charge in [0.2, 0.25) is 0 Å². The molecule has 1 amide bonds. The molecule has 216 valence electrons. The molecule has 1 N–H and O–H groups in total. The number of ether oxygens (including phenoxy) is 1. The molecule has 0 spiro atoms. The minimum atomic E-state index is -4.46. The molecule has 3 atom stereocenters. The summed E-state index contributed by atoms with van der Waals surface area (Å²) in [7, 11) is -0.494. The van der Waals surface area contributed by atoms with E-state index < -0.39 is 32.2 Å². The van der Waals surface area contributed by atoms with Crippen molar-refractivity contribution in [2.45, 2.75) is 66.5 Å². The van der Waals surface area contributed by atoms with Crippen molar-refractivity contribution in [1.82, 2.24) is 9.62 Å². The van der Waals surface area contributed by atoms with Gasteiger partial charge >= 0.3 is 0 Å². The van der Waals surface area contributed by atoms with Crippen LogP contribution in [0.3, 0.4) is 0 Å². The minimum absolute atomic E-state index is 0.0391. The van der Waals surface area contributed by atoms with Crippen LogP contribution in [0, 0.1) is 23.0 Å².